The number of fused-ring (bicyclic) bond motifs is 1. The maximum Gasteiger partial charge on any atom is 0.220 e. The molecule has 5 rings (SSSR count). The van der Waals surface area contributed by atoms with Gasteiger partial charge in [0.1, 0.15) is 5.75 Å². The Morgan fingerprint density at radius 3 is 2.59 bits per heavy atom. The molecule has 5 aromatic rings. The van der Waals surface area contributed by atoms with Crippen LogP contribution in [0.15, 0.2) is 73.1 Å². The summed E-state index contributed by atoms with van der Waals surface area (Å²) < 4.78 is 2.10. The molecule has 2 aromatic carbocycles. The summed E-state index contributed by atoms with van der Waals surface area (Å²) in [6.07, 6.45) is 3.73. The van der Waals surface area contributed by atoms with Gasteiger partial charge < -0.3 is 20.4 Å². The fraction of sp³-hybridized carbons (Fsp3) is 0.0435. The lowest BCUT2D eigenvalue weighted by Crippen LogP contribution is -1.95. The lowest BCUT2D eigenvalue weighted by atomic mass is 10.00. The highest BCUT2D eigenvalue weighted by molar-refractivity contribution is 6.00. The van der Waals surface area contributed by atoms with Gasteiger partial charge in [0.15, 0.2) is 0 Å². The first-order valence-corrected chi connectivity index (χ1v) is 9.26. The van der Waals surface area contributed by atoms with Crippen molar-refractivity contribution in [3.8, 4) is 39.5 Å². The standard InChI is InChI=1S/C23H19N5O/c1-28-13-17(14-6-2-4-8-20(14)28)22-16(15-7-3-5-9-21(15)29)12-19(26-22)18-10-11-25-23(24)27-18/h2-13,26,29H,1H3,(H2,24,25,27). The van der Waals surface area contributed by atoms with E-state index in [0.717, 1.165) is 39.0 Å². The Hall–Kier alpha value is -4.06. The summed E-state index contributed by atoms with van der Waals surface area (Å²) in [5, 5.41) is 11.6. The Morgan fingerprint density at radius 1 is 0.966 bits per heavy atom. The molecule has 142 valence electrons. The van der Waals surface area contributed by atoms with Crippen LogP contribution in [0, 0.1) is 0 Å². The lowest BCUT2D eigenvalue weighted by Gasteiger charge is -2.06. The summed E-state index contributed by atoms with van der Waals surface area (Å²) in [4.78, 5) is 11.8. The molecule has 0 unspecified atom stereocenters. The van der Waals surface area contributed by atoms with Gasteiger partial charge in [-0.25, -0.2) is 9.97 Å². The van der Waals surface area contributed by atoms with E-state index >= 15 is 0 Å². The summed E-state index contributed by atoms with van der Waals surface area (Å²) in [6.45, 7) is 0. The minimum atomic E-state index is 0.216. The van der Waals surface area contributed by atoms with Crippen LogP contribution in [-0.2, 0) is 7.05 Å². The lowest BCUT2D eigenvalue weighted by molar-refractivity contribution is 0.477. The number of nitrogens with one attached hydrogen (secondary N) is 1. The van der Waals surface area contributed by atoms with E-state index in [1.807, 2.05) is 49.5 Å². The normalized spacial score (nSPS) is 11.2. The molecule has 0 amide bonds. The van der Waals surface area contributed by atoms with Gasteiger partial charge in [0.2, 0.25) is 5.95 Å². The van der Waals surface area contributed by atoms with E-state index in [1.54, 1.807) is 12.3 Å². The summed E-state index contributed by atoms with van der Waals surface area (Å²) in [5.41, 5.74) is 12.0. The van der Waals surface area contributed by atoms with Crippen molar-refractivity contribution in [1.29, 1.82) is 0 Å². The van der Waals surface area contributed by atoms with Crippen LogP contribution in [0.1, 0.15) is 0 Å². The summed E-state index contributed by atoms with van der Waals surface area (Å²) in [6, 6.07) is 19.4. The number of rotatable bonds is 3. The molecule has 0 aliphatic heterocycles. The zero-order valence-electron chi connectivity index (χ0n) is 15.8. The molecule has 3 aromatic heterocycles. The Labute approximate surface area is 167 Å². The molecule has 0 atom stereocenters. The molecule has 0 spiro atoms. The number of aromatic nitrogens is 4. The van der Waals surface area contributed by atoms with Crippen molar-refractivity contribution in [1.82, 2.24) is 19.5 Å². The fourth-order valence-electron chi connectivity index (χ4n) is 3.78. The van der Waals surface area contributed by atoms with Crippen LogP contribution >= 0.6 is 0 Å². The van der Waals surface area contributed by atoms with Crippen LogP contribution in [0.4, 0.5) is 5.95 Å². The van der Waals surface area contributed by atoms with E-state index in [0.29, 0.717) is 5.69 Å². The highest BCUT2D eigenvalue weighted by Crippen LogP contribution is 2.41. The Morgan fingerprint density at radius 2 is 1.76 bits per heavy atom. The van der Waals surface area contributed by atoms with Crippen molar-refractivity contribution in [3.63, 3.8) is 0 Å². The molecular formula is C23H19N5O. The fourth-order valence-corrected chi connectivity index (χ4v) is 3.78. The molecule has 0 radical (unpaired) electrons. The van der Waals surface area contributed by atoms with Crippen molar-refractivity contribution in [3.05, 3.63) is 73.1 Å². The highest BCUT2D eigenvalue weighted by atomic mass is 16.3. The smallest absolute Gasteiger partial charge is 0.220 e. The van der Waals surface area contributed by atoms with Crippen LogP contribution in [0.25, 0.3) is 44.7 Å². The topological polar surface area (TPSA) is 92.8 Å². The molecule has 6 nitrogen and oxygen atoms in total. The van der Waals surface area contributed by atoms with Gasteiger partial charge in [0.25, 0.3) is 0 Å². The van der Waals surface area contributed by atoms with E-state index in [1.165, 1.54) is 0 Å². The molecule has 0 fully saturated rings. The first-order chi connectivity index (χ1) is 14.1. The molecule has 4 N–H and O–H groups in total. The van der Waals surface area contributed by atoms with E-state index in [4.69, 9.17) is 5.73 Å². The molecule has 0 aliphatic rings. The van der Waals surface area contributed by atoms with Crippen LogP contribution in [0.5, 0.6) is 5.75 Å². The molecule has 0 bridgehead atoms. The molecule has 29 heavy (non-hydrogen) atoms. The molecule has 0 saturated heterocycles. The number of hydrogen-bond donors (Lipinski definition) is 3. The maximum absolute atomic E-state index is 10.5. The Kier molecular flexibility index (Phi) is 3.84. The SMILES string of the molecule is Cn1cc(-c2[nH]c(-c3ccnc(N)n3)cc2-c2ccccc2O)c2ccccc21. The van der Waals surface area contributed by atoms with Gasteiger partial charge in [-0.3, -0.25) is 0 Å². The molecule has 6 heteroatoms. The number of nitrogen functional groups attached to an aromatic ring is 1. The van der Waals surface area contributed by atoms with Crippen LogP contribution in [0.2, 0.25) is 0 Å². The second-order valence-corrected chi connectivity index (χ2v) is 6.96. The number of H-pyrrole nitrogens is 1. The third-order valence-electron chi connectivity index (χ3n) is 5.13. The third kappa shape index (κ3) is 2.82. The van der Waals surface area contributed by atoms with E-state index in [2.05, 4.69) is 37.8 Å². The van der Waals surface area contributed by atoms with E-state index in [-0.39, 0.29) is 11.7 Å². The number of phenols is 1. The van der Waals surface area contributed by atoms with Gasteiger partial charge in [-0.05, 0) is 24.3 Å². The number of hydrogen-bond acceptors (Lipinski definition) is 4. The van der Waals surface area contributed by atoms with Gasteiger partial charge in [-0.1, -0.05) is 36.4 Å². The average Bonchev–Trinajstić information content (AvgIpc) is 3.30. The van der Waals surface area contributed by atoms with Crippen LogP contribution in [0.3, 0.4) is 0 Å². The van der Waals surface area contributed by atoms with Crippen LogP contribution in [-0.4, -0.2) is 24.6 Å². The molecule has 0 aliphatic carbocycles. The summed E-state index contributed by atoms with van der Waals surface area (Å²) >= 11 is 0. The van der Waals surface area contributed by atoms with E-state index in [9.17, 15) is 5.11 Å². The minimum Gasteiger partial charge on any atom is -0.507 e. The predicted octanol–water partition coefficient (Wildman–Crippen LogP) is 4.59. The zero-order chi connectivity index (χ0) is 20.0. The quantitative estimate of drug-likeness (QED) is 0.426. The summed E-state index contributed by atoms with van der Waals surface area (Å²) in [5.74, 6) is 0.439. The maximum atomic E-state index is 10.5. The number of phenolic OH excluding ortho intramolecular Hbond substituents is 1. The van der Waals surface area contributed by atoms with Crippen molar-refractivity contribution in [2.24, 2.45) is 7.05 Å². The van der Waals surface area contributed by atoms with Gasteiger partial charge in [-0.15, -0.1) is 0 Å². The molecular weight excluding hydrogens is 362 g/mol. The van der Waals surface area contributed by atoms with Crippen molar-refractivity contribution >= 4 is 16.9 Å². The number of aromatic amines is 1. The number of benzene rings is 2. The largest absolute Gasteiger partial charge is 0.507 e. The number of aryl methyl sites for hydroxylation is 1. The van der Waals surface area contributed by atoms with Gasteiger partial charge in [0, 0.05) is 47.0 Å². The highest BCUT2D eigenvalue weighted by Gasteiger charge is 2.19. The Bertz CT molecular complexity index is 1350. The Balaban J connectivity index is 1.81. The molecule has 3 heterocycles. The first-order valence-electron chi connectivity index (χ1n) is 9.26. The number of anilines is 1. The number of aromatic hydroxyl groups is 1. The third-order valence-corrected chi connectivity index (χ3v) is 5.13. The summed E-state index contributed by atoms with van der Waals surface area (Å²) in [7, 11) is 2.03. The van der Waals surface area contributed by atoms with Crippen molar-refractivity contribution < 1.29 is 5.11 Å². The zero-order valence-corrected chi connectivity index (χ0v) is 15.8. The predicted molar refractivity (Wildman–Crippen MR) is 115 cm³/mol. The number of nitrogens with two attached hydrogens (primary N) is 1. The number of para-hydroxylation sites is 2. The van der Waals surface area contributed by atoms with Gasteiger partial charge in [-0.2, -0.15) is 0 Å². The second kappa shape index (κ2) is 6.53. The monoisotopic (exact) mass is 381 g/mol. The first kappa shape index (κ1) is 17.1. The van der Waals surface area contributed by atoms with Gasteiger partial charge in [0.05, 0.1) is 17.1 Å². The van der Waals surface area contributed by atoms with Crippen LogP contribution < -0.4 is 5.73 Å². The molecule has 0 saturated carbocycles. The van der Waals surface area contributed by atoms with E-state index < -0.39 is 0 Å². The minimum absolute atomic E-state index is 0.216. The second-order valence-electron chi connectivity index (χ2n) is 6.96. The number of nitrogens with zero attached hydrogens (tertiary/aromatic N) is 3. The average molecular weight is 381 g/mol. The van der Waals surface area contributed by atoms with Crippen molar-refractivity contribution in [2.45, 2.75) is 0 Å². The van der Waals surface area contributed by atoms with Gasteiger partial charge >= 0.3 is 0 Å². The van der Waals surface area contributed by atoms with Crippen molar-refractivity contribution in [2.75, 3.05) is 5.73 Å².